The maximum absolute atomic E-state index is 5.79. The second kappa shape index (κ2) is 6.71. The first-order valence-corrected chi connectivity index (χ1v) is 7.63. The lowest BCUT2D eigenvalue weighted by atomic mass is 10.2. The first-order chi connectivity index (χ1) is 10.0. The fraction of sp³-hybridized carbons (Fsp3) is 0.357. The molecule has 0 amide bonds. The summed E-state index contributed by atoms with van der Waals surface area (Å²) in [6.45, 7) is 7.75. The molecule has 0 aliphatic heterocycles. The Kier molecular flexibility index (Phi) is 4.95. The molecule has 1 aromatic carbocycles. The van der Waals surface area contributed by atoms with Crippen LogP contribution >= 0.6 is 15.9 Å². The van der Waals surface area contributed by atoms with Gasteiger partial charge in [0.05, 0.1) is 5.69 Å². The molecule has 7 heteroatoms. The van der Waals surface area contributed by atoms with Crippen molar-refractivity contribution in [2.24, 2.45) is 0 Å². The van der Waals surface area contributed by atoms with Crippen LogP contribution in [0.15, 0.2) is 22.7 Å². The third-order valence-electron chi connectivity index (χ3n) is 3.13. The van der Waals surface area contributed by atoms with Crippen molar-refractivity contribution < 1.29 is 0 Å². The lowest BCUT2D eigenvalue weighted by Gasteiger charge is -2.19. The monoisotopic (exact) mass is 350 g/mol. The zero-order valence-corrected chi connectivity index (χ0v) is 14.0. The smallest absolute Gasteiger partial charge is 0.233 e. The number of nitrogens with zero attached hydrogens (tertiary/aromatic N) is 4. The van der Waals surface area contributed by atoms with Gasteiger partial charge in [-0.05, 0) is 48.3 Å². The van der Waals surface area contributed by atoms with Crippen molar-refractivity contribution in [1.82, 2.24) is 15.0 Å². The van der Waals surface area contributed by atoms with E-state index in [1.807, 2.05) is 43.9 Å². The molecule has 0 unspecified atom stereocenters. The number of aryl methyl sites for hydroxylation is 1. The van der Waals surface area contributed by atoms with Gasteiger partial charge in [-0.15, -0.1) is 0 Å². The second-order valence-corrected chi connectivity index (χ2v) is 5.34. The summed E-state index contributed by atoms with van der Waals surface area (Å²) in [6, 6.07) is 5.95. The van der Waals surface area contributed by atoms with Crippen LogP contribution in [-0.2, 0) is 0 Å². The normalized spacial score (nSPS) is 10.5. The Morgan fingerprint density at radius 1 is 1.19 bits per heavy atom. The summed E-state index contributed by atoms with van der Waals surface area (Å²) in [7, 11) is 0. The number of nitrogen functional groups attached to an aromatic ring is 1. The van der Waals surface area contributed by atoms with Crippen LogP contribution in [0, 0.1) is 6.92 Å². The summed E-state index contributed by atoms with van der Waals surface area (Å²) in [4.78, 5) is 14.8. The number of nitrogens with one attached hydrogen (secondary N) is 1. The molecular formula is C14H19BrN6. The summed E-state index contributed by atoms with van der Waals surface area (Å²) < 4.78 is 0.980. The van der Waals surface area contributed by atoms with Crippen LogP contribution in [0.2, 0.25) is 0 Å². The molecule has 2 rings (SSSR count). The standard InChI is InChI=1S/C14H19BrN6/c1-4-21(5-2)14-19-12(16)18-13(20-14)17-10-8-6-7-9(3)11(10)15/h6-8H,4-5H2,1-3H3,(H3,16,17,18,19,20). The highest BCUT2D eigenvalue weighted by Crippen LogP contribution is 2.28. The quantitative estimate of drug-likeness (QED) is 0.862. The molecule has 3 N–H and O–H groups in total. The highest BCUT2D eigenvalue weighted by Gasteiger charge is 2.11. The van der Waals surface area contributed by atoms with Crippen molar-refractivity contribution >= 4 is 39.5 Å². The van der Waals surface area contributed by atoms with Gasteiger partial charge >= 0.3 is 0 Å². The van der Waals surface area contributed by atoms with E-state index < -0.39 is 0 Å². The maximum atomic E-state index is 5.79. The van der Waals surface area contributed by atoms with E-state index in [4.69, 9.17) is 5.73 Å². The van der Waals surface area contributed by atoms with Crippen LogP contribution in [0.1, 0.15) is 19.4 Å². The third kappa shape index (κ3) is 3.60. The molecule has 112 valence electrons. The number of halogens is 1. The Labute approximate surface area is 132 Å². The van der Waals surface area contributed by atoms with Crippen LogP contribution in [0.3, 0.4) is 0 Å². The van der Waals surface area contributed by atoms with Gasteiger partial charge in [0.25, 0.3) is 0 Å². The molecular weight excluding hydrogens is 332 g/mol. The molecule has 1 aromatic heterocycles. The molecule has 0 saturated heterocycles. The molecule has 6 nitrogen and oxygen atoms in total. The molecule has 0 bridgehead atoms. The number of aromatic nitrogens is 3. The molecule has 0 aliphatic rings. The van der Waals surface area contributed by atoms with Gasteiger partial charge < -0.3 is 16.0 Å². The summed E-state index contributed by atoms with van der Waals surface area (Å²) in [5.41, 5.74) is 7.81. The van der Waals surface area contributed by atoms with E-state index in [0.29, 0.717) is 11.9 Å². The molecule has 0 aliphatic carbocycles. The molecule has 21 heavy (non-hydrogen) atoms. The van der Waals surface area contributed by atoms with Gasteiger partial charge in [0.15, 0.2) is 0 Å². The average molecular weight is 351 g/mol. The van der Waals surface area contributed by atoms with E-state index in [-0.39, 0.29) is 5.95 Å². The van der Waals surface area contributed by atoms with Crippen LogP contribution in [0.5, 0.6) is 0 Å². The predicted octanol–water partition coefficient (Wildman–Crippen LogP) is 3.11. The minimum absolute atomic E-state index is 0.207. The molecule has 0 fully saturated rings. The van der Waals surface area contributed by atoms with Crippen LogP contribution in [-0.4, -0.2) is 28.0 Å². The SMILES string of the molecule is CCN(CC)c1nc(N)nc(Nc2cccc(C)c2Br)n1. The minimum atomic E-state index is 0.207. The number of hydrogen-bond acceptors (Lipinski definition) is 6. The summed E-state index contributed by atoms with van der Waals surface area (Å²) in [6.07, 6.45) is 0. The van der Waals surface area contributed by atoms with Gasteiger partial charge in [0.1, 0.15) is 0 Å². The predicted molar refractivity (Wildman–Crippen MR) is 90.0 cm³/mol. The van der Waals surface area contributed by atoms with E-state index in [2.05, 4.69) is 36.2 Å². The first-order valence-electron chi connectivity index (χ1n) is 6.83. The summed E-state index contributed by atoms with van der Waals surface area (Å²) in [5, 5.41) is 3.18. The summed E-state index contributed by atoms with van der Waals surface area (Å²) >= 11 is 3.56. The van der Waals surface area contributed by atoms with E-state index in [9.17, 15) is 0 Å². The van der Waals surface area contributed by atoms with Crippen molar-refractivity contribution in [3.05, 3.63) is 28.2 Å². The van der Waals surface area contributed by atoms with E-state index in [1.165, 1.54) is 0 Å². The van der Waals surface area contributed by atoms with E-state index >= 15 is 0 Å². The van der Waals surface area contributed by atoms with Crippen LogP contribution < -0.4 is 16.0 Å². The maximum Gasteiger partial charge on any atom is 0.233 e. The zero-order chi connectivity index (χ0) is 15.4. The third-order valence-corrected chi connectivity index (χ3v) is 4.18. The van der Waals surface area contributed by atoms with E-state index in [1.54, 1.807) is 0 Å². The van der Waals surface area contributed by atoms with Gasteiger partial charge in [-0.1, -0.05) is 12.1 Å². The van der Waals surface area contributed by atoms with Gasteiger partial charge in [-0.3, -0.25) is 0 Å². The molecule has 0 saturated carbocycles. The molecule has 0 spiro atoms. The van der Waals surface area contributed by atoms with Crippen molar-refractivity contribution in [3.63, 3.8) is 0 Å². The number of hydrogen-bond donors (Lipinski definition) is 2. The Balaban J connectivity index is 2.34. The summed E-state index contributed by atoms with van der Waals surface area (Å²) in [5.74, 6) is 1.23. The van der Waals surface area contributed by atoms with Crippen molar-refractivity contribution in [2.45, 2.75) is 20.8 Å². The number of rotatable bonds is 5. The highest BCUT2D eigenvalue weighted by atomic mass is 79.9. The number of nitrogens with two attached hydrogens (primary N) is 1. The Morgan fingerprint density at radius 3 is 2.57 bits per heavy atom. The van der Waals surface area contributed by atoms with Crippen molar-refractivity contribution in [3.8, 4) is 0 Å². The largest absolute Gasteiger partial charge is 0.368 e. The van der Waals surface area contributed by atoms with Gasteiger partial charge in [-0.25, -0.2) is 0 Å². The fourth-order valence-electron chi connectivity index (χ4n) is 1.95. The lowest BCUT2D eigenvalue weighted by molar-refractivity contribution is 0.816. The Hall–Kier alpha value is -1.89. The Bertz CT molecular complexity index is 627. The van der Waals surface area contributed by atoms with Gasteiger partial charge in [0, 0.05) is 17.6 Å². The second-order valence-electron chi connectivity index (χ2n) is 4.55. The zero-order valence-electron chi connectivity index (χ0n) is 12.4. The minimum Gasteiger partial charge on any atom is -0.368 e. The molecule has 2 aromatic rings. The average Bonchev–Trinajstić information content (AvgIpc) is 2.45. The van der Waals surface area contributed by atoms with Crippen molar-refractivity contribution in [1.29, 1.82) is 0 Å². The van der Waals surface area contributed by atoms with Crippen LogP contribution in [0.4, 0.5) is 23.5 Å². The molecule has 0 atom stereocenters. The Morgan fingerprint density at radius 2 is 1.90 bits per heavy atom. The number of anilines is 4. The number of benzene rings is 1. The van der Waals surface area contributed by atoms with Crippen LogP contribution in [0.25, 0.3) is 0 Å². The molecule has 1 heterocycles. The highest BCUT2D eigenvalue weighted by molar-refractivity contribution is 9.10. The lowest BCUT2D eigenvalue weighted by Crippen LogP contribution is -2.25. The van der Waals surface area contributed by atoms with Gasteiger partial charge in [0.2, 0.25) is 17.8 Å². The van der Waals surface area contributed by atoms with Gasteiger partial charge in [-0.2, -0.15) is 15.0 Å². The van der Waals surface area contributed by atoms with Crippen molar-refractivity contribution in [2.75, 3.05) is 29.0 Å². The van der Waals surface area contributed by atoms with E-state index in [0.717, 1.165) is 28.8 Å². The first kappa shape index (κ1) is 15.5. The fourth-order valence-corrected chi connectivity index (χ4v) is 2.31. The topological polar surface area (TPSA) is 80.0 Å². The molecule has 0 radical (unpaired) electrons.